The molecular weight excluding hydrogens is 316 g/mol. The standard InChI is InChI=1S/C20H22N2O3/c1-3-17-20(24)22(16-6-4-5-7-18(16)25-17)13-19(23)21-12-15-10-8-14(2)9-11-15/h4-11,17H,3,12-13H2,1-2H3,(H,21,23)/t17-/m1/s1. The number of benzene rings is 2. The SMILES string of the molecule is CC[C@H]1Oc2ccccc2N(CC(=O)NCc2ccc(C)cc2)C1=O. The summed E-state index contributed by atoms with van der Waals surface area (Å²) in [6.07, 6.45) is 0.0223. The van der Waals surface area contributed by atoms with E-state index in [4.69, 9.17) is 4.74 Å². The Kier molecular flexibility index (Phi) is 5.03. The number of carbonyl (C=O) groups is 2. The summed E-state index contributed by atoms with van der Waals surface area (Å²) >= 11 is 0. The van der Waals surface area contributed by atoms with Crippen LogP contribution in [0.25, 0.3) is 0 Å². The molecule has 1 aliphatic rings. The van der Waals surface area contributed by atoms with Crippen LogP contribution in [0.4, 0.5) is 5.69 Å². The molecule has 0 spiro atoms. The maximum atomic E-state index is 12.6. The molecule has 0 saturated carbocycles. The van der Waals surface area contributed by atoms with Crippen molar-refractivity contribution in [3.05, 3.63) is 59.7 Å². The van der Waals surface area contributed by atoms with Crippen LogP contribution < -0.4 is 15.0 Å². The van der Waals surface area contributed by atoms with Crippen molar-refractivity contribution in [3.8, 4) is 5.75 Å². The zero-order chi connectivity index (χ0) is 17.8. The Morgan fingerprint density at radius 2 is 1.88 bits per heavy atom. The van der Waals surface area contributed by atoms with E-state index < -0.39 is 6.10 Å². The number of ether oxygens (including phenoxy) is 1. The molecule has 0 aromatic heterocycles. The lowest BCUT2D eigenvalue weighted by atomic mass is 10.1. The summed E-state index contributed by atoms with van der Waals surface area (Å²) in [5, 5.41) is 2.88. The summed E-state index contributed by atoms with van der Waals surface area (Å²) in [4.78, 5) is 26.5. The van der Waals surface area contributed by atoms with Crippen molar-refractivity contribution in [3.63, 3.8) is 0 Å². The van der Waals surface area contributed by atoms with Gasteiger partial charge in [-0.05, 0) is 31.0 Å². The number of rotatable bonds is 5. The number of amides is 2. The van der Waals surface area contributed by atoms with Crippen LogP contribution in [0, 0.1) is 6.92 Å². The Hall–Kier alpha value is -2.82. The fourth-order valence-electron chi connectivity index (χ4n) is 2.80. The molecule has 0 fully saturated rings. The first-order valence-corrected chi connectivity index (χ1v) is 8.47. The van der Waals surface area contributed by atoms with Crippen molar-refractivity contribution in [2.45, 2.75) is 32.9 Å². The Morgan fingerprint density at radius 3 is 2.60 bits per heavy atom. The highest BCUT2D eigenvalue weighted by Crippen LogP contribution is 2.34. The number of carbonyl (C=O) groups excluding carboxylic acids is 2. The van der Waals surface area contributed by atoms with Crippen molar-refractivity contribution in [1.29, 1.82) is 0 Å². The van der Waals surface area contributed by atoms with Gasteiger partial charge in [-0.25, -0.2) is 0 Å². The first-order chi connectivity index (χ1) is 12.1. The lowest BCUT2D eigenvalue weighted by Gasteiger charge is -2.33. The molecule has 0 saturated heterocycles. The van der Waals surface area contributed by atoms with E-state index in [9.17, 15) is 9.59 Å². The average Bonchev–Trinajstić information content (AvgIpc) is 2.63. The maximum absolute atomic E-state index is 12.6. The molecule has 130 valence electrons. The molecule has 2 aromatic carbocycles. The van der Waals surface area contributed by atoms with Crippen molar-refractivity contribution >= 4 is 17.5 Å². The van der Waals surface area contributed by atoms with Crippen LogP contribution in [0.15, 0.2) is 48.5 Å². The molecule has 25 heavy (non-hydrogen) atoms. The van der Waals surface area contributed by atoms with Gasteiger partial charge in [0.15, 0.2) is 6.10 Å². The van der Waals surface area contributed by atoms with Gasteiger partial charge >= 0.3 is 0 Å². The van der Waals surface area contributed by atoms with E-state index in [0.717, 1.165) is 5.56 Å². The van der Waals surface area contributed by atoms with E-state index in [-0.39, 0.29) is 18.4 Å². The van der Waals surface area contributed by atoms with Crippen molar-refractivity contribution in [2.24, 2.45) is 0 Å². The van der Waals surface area contributed by atoms with Gasteiger partial charge in [-0.3, -0.25) is 14.5 Å². The number of para-hydroxylation sites is 2. The second kappa shape index (κ2) is 7.38. The van der Waals surface area contributed by atoms with Crippen LogP contribution in [0.2, 0.25) is 0 Å². The number of fused-ring (bicyclic) bond motifs is 1. The van der Waals surface area contributed by atoms with E-state index >= 15 is 0 Å². The molecule has 0 bridgehead atoms. The highest BCUT2D eigenvalue weighted by atomic mass is 16.5. The highest BCUT2D eigenvalue weighted by molar-refractivity contribution is 6.03. The minimum atomic E-state index is -0.542. The summed E-state index contributed by atoms with van der Waals surface area (Å²) in [6, 6.07) is 15.3. The summed E-state index contributed by atoms with van der Waals surface area (Å²) in [5.41, 5.74) is 2.85. The average molecular weight is 338 g/mol. The third-order valence-corrected chi connectivity index (χ3v) is 4.25. The van der Waals surface area contributed by atoms with Crippen LogP contribution in [-0.2, 0) is 16.1 Å². The van der Waals surface area contributed by atoms with Gasteiger partial charge in [-0.1, -0.05) is 48.9 Å². The third-order valence-electron chi connectivity index (χ3n) is 4.25. The Bertz CT molecular complexity index is 771. The largest absolute Gasteiger partial charge is 0.478 e. The van der Waals surface area contributed by atoms with Crippen LogP contribution >= 0.6 is 0 Å². The minimum absolute atomic E-state index is 0.0123. The van der Waals surface area contributed by atoms with Gasteiger partial charge in [0, 0.05) is 6.54 Å². The van der Waals surface area contributed by atoms with Crippen LogP contribution in [0.5, 0.6) is 5.75 Å². The monoisotopic (exact) mass is 338 g/mol. The zero-order valence-corrected chi connectivity index (χ0v) is 14.5. The topological polar surface area (TPSA) is 58.6 Å². The first kappa shape index (κ1) is 17.0. The number of aryl methyl sites for hydroxylation is 1. The number of hydrogen-bond donors (Lipinski definition) is 1. The number of anilines is 1. The molecule has 0 radical (unpaired) electrons. The number of hydrogen-bond acceptors (Lipinski definition) is 3. The van der Waals surface area contributed by atoms with Crippen molar-refractivity contribution in [2.75, 3.05) is 11.4 Å². The third kappa shape index (κ3) is 3.82. The van der Waals surface area contributed by atoms with Crippen LogP contribution in [0.3, 0.4) is 0 Å². The molecular formula is C20H22N2O3. The van der Waals surface area contributed by atoms with Gasteiger partial charge in [0.2, 0.25) is 5.91 Å². The second-order valence-electron chi connectivity index (χ2n) is 6.17. The molecule has 0 aliphatic carbocycles. The van der Waals surface area contributed by atoms with Gasteiger partial charge in [-0.2, -0.15) is 0 Å². The summed E-state index contributed by atoms with van der Waals surface area (Å²) in [5.74, 6) is 0.271. The number of nitrogens with zero attached hydrogens (tertiary/aromatic N) is 1. The molecule has 2 aromatic rings. The number of nitrogens with one attached hydrogen (secondary N) is 1. The fourth-order valence-corrected chi connectivity index (χ4v) is 2.80. The van der Waals surface area contributed by atoms with Gasteiger partial charge < -0.3 is 10.1 Å². The van der Waals surface area contributed by atoms with Crippen molar-refractivity contribution < 1.29 is 14.3 Å². The summed E-state index contributed by atoms with van der Waals surface area (Å²) < 4.78 is 5.72. The van der Waals surface area contributed by atoms with E-state index in [0.29, 0.717) is 24.4 Å². The Labute approximate surface area is 147 Å². The van der Waals surface area contributed by atoms with Crippen molar-refractivity contribution in [1.82, 2.24) is 5.32 Å². The van der Waals surface area contributed by atoms with Gasteiger partial charge in [0.1, 0.15) is 12.3 Å². The van der Waals surface area contributed by atoms with Gasteiger partial charge in [-0.15, -0.1) is 0 Å². The molecule has 1 aliphatic heterocycles. The Morgan fingerprint density at radius 1 is 1.16 bits per heavy atom. The predicted octanol–water partition coefficient (Wildman–Crippen LogP) is 2.82. The second-order valence-corrected chi connectivity index (χ2v) is 6.17. The van der Waals surface area contributed by atoms with Crippen LogP contribution in [0.1, 0.15) is 24.5 Å². The smallest absolute Gasteiger partial charge is 0.268 e. The van der Waals surface area contributed by atoms with E-state index in [1.54, 1.807) is 6.07 Å². The van der Waals surface area contributed by atoms with Crippen LogP contribution in [-0.4, -0.2) is 24.5 Å². The first-order valence-electron chi connectivity index (χ1n) is 8.47. The molecule has 1 atom stereocenters. The summed E-state index contributed by atoms with van der Waals surface area (Å²) in [6.45, 7) is 4.35. The molecule has 3 rings (SSSR count). The molecule has 1 heterocycles. The molecule has 2 amide bonds. The Balaban J connectivity index is 1.69. The fraction of sp³-hybridized carbons (Fsp3) is 0.300. The van der Waals surface area contributed by atoms with Gasteiger partial charge in [0.25, 0.3) is 5.91 Å². The zero-order valence-electron chi connectivity index (χ0n) is 14.5. The molecule has 0 unspecified atom stereocenters. The minimum Gasteiger partial charge on any atom is -0.478 e. The predicted molar refractivity (Wildman–Crippen MR) is 96.5 cm³/mol. The quantitative estimate of drug-likeness (QED) is 0.912. The van der Waals surface area contributed by atoms with E-state index in [1.165, 1.54) is 10.5 Å². The maximum Gasteiger partial charge on any atom is 0.268 e. The lowest BCUT2D eigenvalue weighted by Crippen LogP contribution is -2.49. The molecule has 5 nitrogen and oxygen atoms in total. The van der Waals surface area contributed by atoms with E-state index in [1.807, 2.05) is 56.3 Å². The van der Waals surface area contributed by atoms with E-state index in [2.05, 4.69) is 5.32 Å². The lowest BCUT2D eigenvalue weighted by molar-refractivity contribution is -0.129. The van der Waals surface area contributed by atoms with Gasteiger partial charge in [0.05, 0.1) is 5.69 Å². The molecule has 1 N–H and O–H groups in total. The normalized spacial score (nSPS) is 16.2. The molecule has 5 heteroatoms. The summed E-state index contributed by atoms with van der Waals surface area (Å²) in [7, 11) is 0. The highest BCUT2D eigenvalue weighted by Gasteiger charge is 2.34.